The lowest BCUT2D eigenvalue weighted by atomic mass is 9.99. The molecule has 0 aromatic carbocycles. The fourth-order valence-corrected chi connectivity index (χ4v) is 1.89. The Kier molecular flexibility index (Phi) is 6.07. The van der Waals surface area contributed by atoms with Crippen LogP contribution in [0.15, 0.2) is 0 Å². The summed E-state index contributed by atoms with van der Waals surface area (Å²) in [6.07, 6.45) is 0.961. The van der Waals surface area contributed by atoms with Crippen LogP contribution in [0.25, 0.3) is 0 Å². The first kappa shape index (κ1) is 14.9. The molecule has 0 saturated carbocycles. The van der Waals surface area contributed by atoms with Gasteiger partial charge in [0.25, 0.3) is 0 Å². The maximum atomic E-state index is 11.8. The van der Waals surface area contributed by atoms with Crippen molar-refractivity contribution in [3.8, 4) is 0 Å². The van der Waals surface area contributed by atoms with Gasteiger partial charge in [-0.05, 0) is 5.92 Å². The first-order valence-electron chi connectivity index (χ1n) is 6.37. The Morgan fingerprint density at radius 2 is 2.28 bits per heavy atom. The van der Waals surface area contributed by atoms with Crippen molar-refractivity contribution in [3.05, 3.63) is 0 Å². The van der Waals surface area contributed by atoms with Gasteiger partial charge in [-0.3, -0.25) is 4.79 Å². The van der Waals surface area contributed by atoms with Crippen LogP contribution < -0.4 is 10.6 Å². The summed E-state index contributed by atoms with van der Waals surface area (Å²) in [4.78, 5) is 22.8. The molecular formula is C12H22N2O4. The quantitative estimate of drug-likeness (QED) is 0.623. The van der Waals surface area contributed by atoms with Crippen LogP contribution in [0.5, 0.6) is 0 Å². The zero-order chi connectivity index (χ0) is 13.5. The van der Waals surface area contributed by atoms with E-state index in [2.05, 4.69) is 10.6 Å². The third-order valence-corrected chi connectivity index (χ3v) is 3.23. The summed E-state index contributed by atoms with van der Waals surface area (Å²) in [5, 5.41) is 14.8. The van der Waals surface area contributed by atoms with Crippen LogP contribution in [-0.2, 0) is 14.3 Å². The molecule has 0 spiro atoms. The predicted octanol–water partition coefficient (Wildman–Crippen LogP) is -0.0196. The summed E-state index contributed by atoms with van der Waals surface area (Å²) in [6.45, 7) is 5.60. The third kappa shape index (κ3) is 4.62. The van der Waals surface area contributed by atoms with Crippen molar-refractivity contribution in [1.82, 2.24) is 10.6 Å². The molecule has 0 aromatic heterocycles. The number of rotatable bonds is 6. The molecule has 1 fully saturated rings. The Morgan fingerprint density at radius 3 is 2.78 bits per heavy atom. The minimum atomic E-state index is -0.981. The Labute approximate surface area is 107 Å². The average molecular weight is 258 g/mol. The Balaban J connectivity index is 2.42. The Bertz CT molecular complexity index is 290. The number of carboxylic acid groups (broad SMARTS) is 1. The van der Waals surface area contributed by atoms with Crippen molar-refractivity contribution in [2.45, 2.75) is 38.8 Å². The second-order valence-corrected chi connectivity index (χ2v) is 4.70. The molecule has 0 radical (unpaired) electrons. The standard InChI is InChI=1S/C12H22N2O4/c1-3-8(2)11(12(16)17)14-10(15)6-9-7-18-5-4-13-9/h8-9,11,13H,3-7H2,1-2H3,(H,14,15)(H,16,17)/t8?,9?,11-/m0/s1. The minimum absolute atomic E-state index is 0.0230. The number of hydrogen-bond donors (Lipinski definition) is 3. The molecule has 1 aliphatic heterocycles. The maximum Gasteiger partial charge on any atom is 0.326 e. The van der Waals surface area contributed by atoms with E-state index < -0.39 is 12.0 Å². The van der Waals surface area contributed by atoms with E-state index in [9.17, 15) is 9.59 Å². The molecule has 3 N–H and O–H groups in total. The van der Waals surface area contributed by atoms with Crippen LogP contribution in [-0.4, -0.2) is 48.8 Å². The van der Waals surface area contributed by atoms with E-state index in [4.69, 9.17) is 9.84 Å². The average Bonchev–Trinajstić information content (AvgIpc) is 2.36. The monoisotopic (exact) mass is 258 g/mol. The van der Waals surface area contributed by atoms with Gasteiger partial charge in [0.15, 0.2) is 0 Å². The summed E-state index contributed by atoms with van der Waals surface area (Å²) < 4.78 is 5.25. The van der Waals surface area contributed by atoms with Crippen molar-refractivity contribution >= 4 is 11.9 Å². The maximum absolute atomic E-state index is 11.8. The molecule has 1 rings (SSSR count). The molecule has 18 heavy (non-hydrogen) atoms. The Morgan fingerprint density at radius 1 is 1.56 bits per heavy atom. The molecule has 0 aromatic rings. The SMILES string of the molecule is CCC(C)[C@H](NC(=O)CC1COCCN1)C(=O)O. The third-order valence-electron chi connectivity index (χ3n) is 3.23. The number of carbonyl (C=O) groups excluding carboxylic acids is 1. The van der Waals surface area contributed by atoms with E-state index in [1.54, 1.807) is 0 Å². The summed E-state index contributed by atoms with van der Waals surface area (Å²) in [6, 6.07) is -0.836. The molecule has 0 aliphatic carbocycles. The number of nitrogens with one attached hydrogen (secondary N) is 2. The molecule has 1 saturated heterocycles. The first-order chi connectivity index (χ1) is 8.54. The van der Waals surface area contributed by atoms with E-state index in [0.717, 1.165) is 6.54 Å². The zero-order valence-electron chi connectivity index (χ0n) is 10.9. The lowest BCUT2D eigenvalue weighted by Gasteiger charge is -2.25. The van der Waals surface area contributed by atoms with Crippen molar-refractivity contribution in [2.75, 3.05) is 19.8 Å². The van der Waals surface area contributed by atoms with Gasteiger partial charge in [0.1, 0.15) is 6.04 Å². The van der Waals surface area contributed by atoms with Gasteiger partial charge in [-0.1, -0.05) is 20.3 Å². The number of aliphatic carboxylic acids is 1. The number of carboxylic acids is 1. The second-order valence-electron chi connectivity index (χ2n) is 4.70. The second kappa shape index (κ2) is 7.33. The zero-order valence-corrected chi connectivity index (χ0v) is 10.9. The van der Waals surface area contributed by atoms with Crippen LogP contribution >= 0.6 is 0 Å². The number of morpholine rings is 1. The number of amides is 1. The summed E-state index contributed by atoms with van der Waals surface area (Å²) in [5.74, 6) is -1.31. The summed E-state index contributed by atoms with van der Waals surface area (Å²) in [7, 11) is 0. The van der Waals surface area contributed by atoms with Gasteiger partial charge in [0.2, 0.25) is 5.91 Å². The van der Waals surface area contributed by atoms with Gasteiger partial charge in [-0.2, -0.15) is 0 Å². The fourth-order valence-electron chi connectivity index (χ4n) is 1.89. The van der Waals surface area contributed by atoms with E-state index in [0.29, 0.717) is 19.6 Å². The van der Waals surface area contributed by atoms with Crippen LogP contribution in [0.1, 0.15) is 26.7 Å². The normalized spacial score (nSPS) is 23.1. The van der Waals surface area contributed by atoms with Crippen molar-refractivity contribution in [1.29, 1.82) is 0 Å². The molecule has 1 aliphatic rings. The molecule has 6 heteroatoms. The summed E-state index contributed by atoms with van der Waals surface area (Å²) >= 11 is 0. The van der Waals surface area contributed by atoms with Gasteiger partial charge < -0.3 is 20.5 Å². The molecule has 2 unspecified atom stereocenters. The van der Waals surface area contributed by atoms with Gasteiger partial charge in [-0.15, -0.1) is 0 Å². The van der Waals surface area contributed by atoms with Crippen molar-refractivity contribution in [2.24, 2.45) is 5.92 Å². The van der Waals surface area contributed by atoms with E-state index in [1.165, 1.54) is 0 Å². The largest absolute Gasteiger partial charge is 0.480 e. The minimum Gasteiger partial charge on any atom is -0.480 e. The predicted molar refractivity (Wildman–Crippen MR) is 66.2 cm³/mol. The van der Waals surface area contributed by atoms with Crippen molar-refractivity contribution in [3.63, 3.8) is 0 Å². The molecule has 3 atom stereocenters. The van der Waals surface area contributed by atoms with Crippen LogP contribution in [0.4, 0.5) is 0 Å². The Hall–Kier alpha value is -1.14. The molecular weight excluding hydrogens is 236 g/mol. The topological polar surface area (TPSA) is 87.7 Å². The van der Waals surface area contributed by atoms with Gasteiger partial charge in [-0.25, -0.2) is 4.79 Å². The van der Waals surface area contributed by atoms with Crippen LogP contribution in [0.2, 0.25) is 0 Å². The highest BCUT2D eigenvalue weighted by atomic mass is 16.5. The molecule has 1 amide bonds. The smallest absolute Gasteiger partial charge is 0.326 e. The lowest BCUT2D eigenvalue weighted by Crippen LogP contribution is -2.49. The molecule has 0 bridgehead atoms. The molecule has 1 heterocycles. The first-order valence-corrected chi connectivity index (χ1v) is 6.37. The fraction of sp³-hybridized carbons (Fsp3) is 0.833. The van der Waals surface area contributed by atoms with Crippen LogP contribution in [0, 0.1) is 5.92 Å². The number of hydrogen-bond acceptors (Lipinski definition) is 4. The van der Waals surface area contributed by atoms with Crippen LogP contribution in [0.3, 0.4) is 0 Å². The molecule has 6 nitrogen and oxygen atoms in total. The van der Waals surface area contributed by atoms with Crippen molar-refractivity contribution < 1.29 is 19.4 Å². The highest BCUT2D eigenvalue weighted by molar-refractivity contribution is 5.84. The number of ether oxygens (including phenoxy) is 1. The summed E-state index contributed by atoms with van der Waals surface area (Å²) in [5.41, 5.74) is 0. The highest BCUT2D eigenvalue weighted by Crippen LogP contribution is 2.08. The highest BCUT2D eigenvalue weighted by Gasteiger charge is 2.26. The van der Waals surface area contributed by atoms with E-state index in [-0.39, 0.29) is 24.3 Å². The van der Waals surface area contributed by atoms with Gasteiger partial charge in [0, 0.05) is 19.0 Å². The number of carbonyl (C=O) groups is 2. The lowest BCUT2D eigenvalue weighted by molar-refractivity contribution is -0.143. The molecule has 104 valence electrons. The van der Waals surface area contributed by atoms with Gasteiger partial charge >= 0.3 is 5.97 Å². The van der Waals surface area contributed by atoms with E-state index >= 15 is 0 Å². The van der Waals surface area contributed by atoms with Gasteiger partial charge in [0.05, 0.1) is 13.2 Å². The van der Waals surface area contributed by atoms with E-state index in [1.807, 2.05) is 13.8 Å².